The third-order valence-electron chi connectivity index (χ3n) is 3.99. The van der Waals surface area contributed by atoms with Gasteiger partial charge in [-0.2, -0.15) is 0 Å². The van der Waals surface area contributed by atoms with Gasteiger partial charge in [0, 0.05) is 22.2 Å². The van der Waals surface area contributed by atoms with Crippen LogP contribution in [0.4, 0.5) is 0 Å². The Morgan fingerprint density at radius 3 is 2.31 bits per heavy atom. The normalized spacial score (nSPS) is 10.1. The second-order valence-electron chi connectivity index (χ2n) is 6.12. The predicted molar refractivity (Wildman–Crippen MR) is 128 cm³/mol. The van der Waals surface area contributed by atoms with Gasteiger partial charge in [-0.3, -0.25) is 0 Å². The van der Waals surface area contributed by atoms with Crippen molar-refractivity contribution in [2.45, 2.75) is 33.4 Å². The van der Waals surface area contributed by atoms with Gasteiger partial charge in [0.1, 0.15) is 6.61 Å². The number of ether oxygens (including phenoxy) is 2. The van der Waals surface area contributed by atoms with Crippen molar-refractivity contribution in [1.29, 1.82) is 0 Å². The molecule has 0 saturated carbocycles. The number of benzene rings is 2. The second-order valence-corrected chi connectivity index (χ2v) is 6.97. The summed E-state index contributed by atoms with van der Waals surface area (Å²) >= 11 is 12.2. The minimum absolute atomic E-state index is 0. The quantitative estimate of drug-likeness (QED) is 0.368. The molecule has 2 rings (SSSR count). The molecule has 4 nitrogen and oxygen atoms in total. The van der Waals surface area contributed by atoms with Crippen molar-refractivity contribution in [2.24, 2.45) is 0 Å². The van der Waals surface area contributed by atoms with E-state index in [1.807, 2.05) is 25.1 Å². The molecule has 8 heteroatoms. The Labute approximate surface area is 196 Å². The van der Waals surface area contributed by atoms with Crippen molar-refractivity contribution in [1.82, 2.24) is 10.6 Å². The molecule has 0 heterocycles. The molecule has 0 radical (unpaired) electrons. The lowest BCUT2D eigenvalue weighted by Gasteiger charge is -2.14. The van der Waals surface area contributed by atoms with Crippen LogP contribution in [0.15, 0.2) is 36.4 Å². The molecule has 0 fully saturated rings. The van der Waals surface area contributed by atoms with Gasteiger partial charge in [0.15, 0.2) is 11.5 Å². The first-order valence-corrected chi connectivity index (χ1v) is 10.1. The lowest BCUT2D eigenvalue weighted by atomic mass is 10.2. The van der Waals surface area contributed by atoms with E-state index in [4.69, 9.17) is 32.7 Å². The molecule has 0 saturated heterocycles. The molecular formula is C21H30Cl4N2O2. The predicted octanol–water partition coefficient (Wildman–Crippen LogP) is 5.90. The largest absolute Gasteiger partial charge is 0.490 e. The van der Waals surface area contributed by atoms with Crippen LogP contribution in [0.25, 0.3) is 0 Å². The molecule has 0 aliphatic carbocycles. The van der Waals surface area contributed by atoms with Gasteiger partial charge >= 0.3 is 0 Å². The van der Waals surface area contributed by atoms with Gasteiger partial charge in [0.2, 0.25) is 0 Å². The third-order valence-corrected chi connectivity index (χ3v) is 4.58. The minimum Gasteiger partial charge on any atom is -0.490 e. The van der Waals surface area contributed by atoms with Gasteiger partial charge in [0.05, 0.1) is 6.61 Å². The van der Waals surface area contributed by atoms with Gasteiger partial charge in [-0.15, -0.1) is 24.8 Å². The Morgan fingerprint density at radius 2 is 1.62 bits per heavy atom. The SMILES string of the molecule is CCNCCCNCc1ccc(OCc2ccc(Cl)cc2Cl)c(OCC)c1.Cl.Cl. The van der Waals surface area contributed by atoms with Crippen molar-refractivity contribution >= 4 is 48.0 Å². The smallest absolute Gasteiger partial charge is 0.161 e. The monoisotopic (exact) mass is 482 g/mol. The minimum atomic E-state index is 0. The first-order valence-electron chi connectivity index (χ1n) is 9.38. The molecule has 0 aliphatic heterocycles. The molecule has 29 heavy (non-hydrogen) atoms. The van der Waals surface area contributed by atoms with Crippen molar-refractivity contribution in [3.63, 3.8) is 0 Å². The Balaban J connectivity index is 0.00000392. The number of rotatable bonds is 12. The van der Waals surface area contributed by atoms with Crippen LogP contribution in [0.3, 0.4) is 0 Å². The van der Waals surface area contributed by atoms with Gasteiger partial charge in [-0.05, 0) is 62.8 Å². The number of halogens is 4. The molecule has 0 atom stereocenters. The molecule has 0 amide bonds. The van der Waals surface area contributed by atoms with Crippen LogP contribution in [0.5, 0.6) is 11.5 Å². The van der Waals surface area contributed by atoms with Crippen molar-refractivity contribution < 1.29 is 9.47 Å². The molecule has 0 aromatic heterocycles. The van der Waals surface area contributed by atoms with Crippen LogP contribution < -0.4 is 20.1 Å². The van der Waals surface area contributed by atoms with Crippen LogP contribution in [0, 0.1) is 0 Å². The molecule has 0 spiro atoms. The number of hydrogen-bond acceptors (Lipinski definition) is 4. The summed E-state index contributed by atoms with van der Waals surface area (Å²) in [6, 6.07) is 11.4. The van der Waals surface area contributed by atoms with E-state index in [0.29, 0.717) is 29.0 Å². The second kappa shape index (κ2) is 15.9. The fourth-order valence-electron chi connectivity index (χ4n) is 2.59. The summed E-state index contributed by atoms with van der Waals surface area (Å²) < 4.78 is 11.7. The Bertz CT molecular complexity index is 717. The van der Waals surface area contributed by atoms with Crippen LogP contribution in [-0.4, -0.2) is 26.2 Å². The zero-order valence-electron chi connectivity index (χ0n) is 16.8. The molecule has 0 bridgehead atoms. The van der Waals surface area contributed by atoms with E-state index >= 15 is 0 Å². The average molecular weight is 484 g/mol. The standard InChI is InChI=1S/C21H28Cl2N2O2.2ClH/c1-3-24-10-5-11-25-14-16-6-9-20(21(12-16)26-4-2)27-15-17-7-8-18(22)13-19(17)23;;/h6-9,12-13,24-25H,3-5,10-11,14-15H2,1-2H3;2*1H. The molecule has 2 aromatic carbocycles. The Morgan fingerprint density at radius 1 is 0.862 bits per heavy atom. The highest BCUT2D eigenvalue weighted by molar-refractivity contribution is 6.35. The van der Waals surface area contributed by atoms with E-state index in [2.05, 4.69) is 23.6 Å². The van der Waals surface area contributed by atoms with Gasteiger partial charge in [0.25, 0.3) is 0 Å². The highest BCUT2D eigenvalue weighted by atomic mass is 35.5. The highest BCUT2D eigenvalue weighted by Gasteiger charge is 2.09. The maximum atomic E-state index is 6.22. The molecule has 164 valence electrons. The topological polar surface area (TPSA) is 42.5 Å². The first kappa shape index (κ1) is 28.1. The molecule has 2 aromatic rings. The van der Waals surface area contributed by atoms with Gasteiger partial charge in [-0.1, -0.05) is 42.3 Å². The van der Waals surface area contributed by atoms with E-state index < -0.39 is 0 Å². The molecule has 0 aliphatic rings. The van der Waals surface area contributed by atoms with Crippen molar-refractivity contribution in [2.75, 3.05) is 26.2 Å². The summed E-state index contributed by atoms with van der Waals surface area (Å²) in [6.07, 6.45) is 1.11. The summed E-state index contributed by atoms with van der Waals surface area (Å²) in [4.78, 5) is 0. The van der Waals surface area contributed by atoms with E-state index in [9.17, 15) is 0 Å². The summed E-state index contributed by atoms with van der Waals surface area (Å²) in [7, 11) is 0. The van der Waals surface area contributed by atoms with Gasteiger partial charge < -0.3 is 20.1 Å². The zero-order valence-corrected chi connectivity index (χ0v) is 19.9. The van der Waals surface area contributed by atoms with Crippen molar-refractivity contribution in [3.05, 3.63) is 57.6 Å². The van der Waals surface area contributed by atoms with Crippen LogP contribution in [0.1, 0.15) is 31.4 Å². The first-order chi connectivity index (χ1) is 13.1. The number of nitrogens with one attached hydrogen (secondary N) is 2. The third kappa shape index (κ3) is 10.1. The summed E-state index contributed by atoms with van der Waals surface area (Å²) in [5.74, 6) is 1.45. The van der Waals surface area contributed by atoms with Crippen molar-refractivity contribution in [3.8, 4) is 11.5 Å². The van der Waals surface area contributed by atoms with Gasteiger partial charge in [-0.25, -0.2) is 0 Å². The summed E-state index contributed by atoms with van der Waals surface area (Å²) in [5.41, 5.74) is 2.05. The Kier molecular flexibility index (Phi) is 15.4. The fraction of sp³-hybridized carbons (Fsp3) is 0.429. The Hall–Kier alpha value is -0.880. The zero-order chi connectivity index (χ0) is 19.5. The summed E-state index contributed by atoms with van der Waals surface area (Å²) in [5, 5.41) is 7.98. The highest BCUT2D eigenvalue weighted by Crippen LogP contribution is 2.30. The maximum Gasteiger partial charge on any atom is 0.161 e. The lowest BCUT2D eigenvalue weighted by molar-refractivity contribution is 0.269. The number of hydrogen-bond donors (Lipinski definition) is 2. The summed E-state index contributed by atoms with van der Waals surface area (Å²) in [6.45, 7) is 8.85. The molecule has 0 unspecified atom stereocenters. The lowest BCUT2D eigenvalue weighted by Crippen LogP contribution is -2.21. The fourth-order valence-corrected chi connectivity index (χ4v) is 3.06. The van der Waals surface area contributed by atoms with E-state index in [-0.39, 0.29) is 24.8 Å². The molecule has 2 N–H and O–H groups in total. The van der Waals surface area contributed by atoms with E-state index in [1.54, 1.807) is 12.1 Å². The maximum absolute atomic E-state index is 6.22. The van der Waals surface area contributed by atoms with Crippen LogP contribution in [-0.2, 0) is 13.2 Å². The van der Waals surface area contributed by atoms with Crippen LogP contribution in [0.2, 0.25) is 10.0 Å². The van der Waals surface area contributed by atoms with Crippen LogP contribution >= 0.6 is 48.0 Å². The van der Waals surface area contributed by atoms with E-state index in [1.165, 1.54) is 5.56 Å². The molecular weight excluding hydrogens is 454 g/mol. The average Bonchev–Trinajstić information content (AvgIpc) is 2.65. The van der Waals surface area contributed by atoms with E-state index in [0.717, 1.165) is 43.9 Å².